The Morgan fingerprint density at radius 2 is 1.63 bits per heavy atom. The first-order valence-electron chi connectivity index (χ1n) is 5.95. The molecule has 1 atom stereocenters. The number of carbonyl (C=O) groups is 2. The number of amides is 2. The maximum absolute atomic E-state index is 13.1. The summed E-state index contributed by atoms with van der Waals surface area (Å²) in [5.41, 5.74) is -0.220. The second kappa shape index (κ2) is 5.05. The van der Waals surface area contributed by atoms with Crippen molar-refractivity contribution in [1.82, 2.24) is 4.90 Å². The first kappa shape index (κ1) is 13.6. The van der Waals surface area contributed by atoms with E-state index in [0.717, 1.165) is 17.0 Å². The summed E-state index contributed by atoms with van der Waals surface area (Å²) in [6.45, 7) is 1.73. The van der Waals surface area contributed by atoms with Crippen LogP contribution in [0.25, 0.3) is 0 Å². The van der Waals surface area contributed by atoms with Crippen LogP contribution < -0.4 is 0 Å². The lowest BCUT2D eigenvalue weighted by molar-refractivity contribution is 0.0643. The number of benzene rings is 1. The van der Waals surface area contributed by atoms with Crippen LogP contribution in [0.4, 0.5) is 8.78 Å². The van der Waals surface area contributed by atoms with E-state index in [-0.39, 0.29) is 17.7 Å². The normalized spacial score (nSPS) is 15.9. The molecule has 0 saturated carbocycles. The Balaban J connectivity index is 2.19. The number of rotatable bonds is 4. The van der Waals surface area contributed by atoms with Gasteiger partial charge in [-0.2, -0.15) is 0 Å². The number of hydrogen-bond acceptors (Lipinski definition) is 3. The smallest absolute Gasteiger partial charge is 0.261 e. The largest absolute Gasteiger partial charge is 0.393 e. The van der Waals surface area contributed by atoms with E-state index in [1.54, 1.807) is 6.92 Å². The van der Waals surface area contributed by atoms with Crippen LogP contribution in [0.1, 0.15) is 40.5 Å². The van der Waals surface area contributed by atoms with Crippen molar-refractivity contribution >= 4 is 11.8 Å². The van der Waals surface area contributed by atoms with Gasteiger partial charge in [0, 0.05) is 6.54 Å². The van der Waals surface area contributed by atoms with Gasteiger partial charge < -0.3 is 5.11 Å². The average molecular weight is 269 g/mol. The number of halogens is 2. The van der Waals surface area contributed by atoms with Crippen LogP contribution in [0.3, 0.4) is 0 Å². The maximum Gasteiger partial charge on any atom is 0.261 e. The molecule has 2 rings (SSSR count). The standard InChI is InChI=1S/C13H13F2NO3/c1-7(17)3-2-4-16-12(18)8-5-10(14)11(15)6-9(8)13(16)19/h5-7,17H,2-4H2,1H3. The predicted molar refractivity (Wildman–Crippen MR) is 62.6 cm³/mol. The number of aliphatic hydroxyl groups excluding tert-OH is 1. The molecule has 0 aromatic heterocycles. The summed E-state index contributed by atoms with van der Waals surface area (Å²) in [5, 5.41) is 9.12. The highest BCUT2D eigenvalue weighted by molar-refractivity contribution is 6.21. The average Bonchev–Trinajstić information content (AvgIpc) is 2.55. The van der Waals surface area contributed by atoms with Gasteiger partial charge in [0.1, 0.15) is 0 Å². The molecule has 0 fully saturated rings. The number of aliphatic hydroxyl groups is 1. The molecule has 2 amide bonds. The van der Waals surface area contributed by atoms with Gasteiger partial charge in [-0.15, -0.1) is 0 Å². The van der Waals surface area contributed by atoms with E-state index in [1.807, 2.05) is 0 Å². The van der Waals surface area contributed by atoms with Gasteiger partial charge in [0.25, 0.3) is 11.8 Å². The molecule has 0 spiro atoms. The summed E-state index contributed by atoms with van der Waals surface area (Å²) in [5.74, 6) is -3.54. The van der Waals surface area contributed by atoms with Crippen molar-refractivity contribution in [2.75, 3.05) is 6.54 Å². The molecule has 0 radical (unpaired) electrons. The number of imide groups is 1. The fourth-order valence-electron chi connectivity index (χ4n) is 2.03. The van der Waals surface area contributed by atoms with Crippen LogP contribution >= 0.6 is 0 Å². The number of fused-ring (bicyclic) bond motifs is 1. The Kier molecular flexibility index (Phi) is 3.61. The van der Waals surface area contributed by atoms with E-state index in [4.69, 9.17) is 5.11 Å². The van der Waals surface area contributed by atoms with Crippen molar-refractivity contribution < 1.29 is 23.5 Å². The molecule has 1 heterocycles. The summed E-state index contributed by atoms with van der Waals surface area (Å²) in [6.07, 6.45) is 0.356. The summed E-state index contributed by atoms with van der Waals surface area (Å²) >= 11 is 0. The van der Waals surface area contributed by atoms with E-state index in [2.05, 4.69) is 0 Å². The molecule has 19 heavy (non-hydrogen) atoms. The third-order valence-corrected chi connectivity index (χ3v) is 3.02. The minimum atomic E-state index is -1.15. The van der Waals surface area contributed by atoms with E-state index >= 15 is 0 Å². The number of nitrogens with zero attached hydrogens (tertiary/aromatic N) is 1. The second-order valence-corrected chi connectivity index (χ2v) is 4.57. The zero-order chi connectivity index (χ0) is 14.2. The Hall–Kier alpha value is -1.82. The van der Waals surface area contributed by atoms with Crippen LogP contribution in [0, 0.1) is 11.6 Å². The van der Waals surface area contributed by atoms with Gasteiger partial charge in [-0.3, -0.25) is 14.5 Å². The fraction of sp³-hybridized carbons (Fsp3) is 0.385. The molecule has 0 aliphatic carbocycles. The minimum absolute atomic E-state index is 0.110. The lowest BCUT2D eigenvalue weighted by Gasteiger charge is -2.13. The molecule has 6 heteroatoms. The SMILES string of the molecule is CC(O)CCCN1C(=O)c2cc(F)c(F)cc2C1=O. The predicted octanol–water partition coefficient (Wildman–Crippen LogP) is 1.72. The molecule has 0 saturated heterocycles. The molecule has 4 nitrogen and oxygen atoms in total. The summed E-state index contributed by atoms with van der Waals surface area (Å²) in [7, 11) is 0. The third kappa shape index (κ3) is 2.49. The van der Waals surface area contributed by atoms with Crippen molar-refractivity contribution in [1.29, 1.82) is 0 Å². The van der Waals surface area contributed by atoms with Crippen molar-refractivity contribution in [2.24, 2.45) is 0 Å². The maximum atomic E-state index is 13.1. The zero-order valence-corrected chi connectivity index (χ0v) is 10.3. The molecule has 102 valence electrons. The number of carbonyl (C=O) groups excluding carboxylic acids is 2. The Morgan fingerprint density at radius 1 is 1.16 bits per heavy atom. The van der Waals surface area contributed by atoms with Crippen molar-refractivity contribution in [2.45, 2.75) is 25.9 Å². The molecule has 1 aromatic carbocycles. The first-order valence-corrected chi connectivity index (χ1v) is 5.95. The highest BCUT2D eigenvalue weighted by Crippen LogP contribution is 2.25. The monoisotopic (exact) mass is 269 g/mol. The molecular formula is C13H13F2NO3. The summed E-state index contributed by atoms with van der Waals surface area (Å²) < 4.78 is 26.1. The highest BCUT2D eigenvalue weighted by atomic mass is 19.2. The minimum Gasteiger partial charge on any atom is -0.393 e. The summed E-state index contributed by atoms with van der Waals surface area (Å²) in [6, 6.07) is 1.50. The van der Waals surface area contributed by atoms with E-state index in [9.17, 15) is 18.4 Å². The Morgan fingerprint density at radius 3 is 2.05 bits per heavy atom. The van der Waals surface area contributed by atoms with E-state index in [1.165, 1.54) is 0 Å². The lowest BCUT2D eigenvalue weighted by atomic mass is 10.1. The second-order valence-electron chi connectivity index (χ2n) is 4.57. The topological polar surface area (TPSA) is 57.6 Å². The molecule has 1 aromatic rings. The first-order chi connectivity index (χ1) is 8.91. The number of hydrogen-bond donors (Lipinski definition) is 1. The van der Waals surface area contributed by atoms with Gasteiger partial charge >= 0.3 is 0 Å². The van der Waals surface area contributed by atoms with Crippen LogP contribution in [-0.4, -0.2) is 34.5 Å². The van der Waals surface area contributed by atoms with E-state index in [0.29, 0.717) is 12.8 Å². The van der Waals surface area contributed by atoms with Crippen LogP contribution in [0.15, 0.2) is 12.1 Å². The molecule has 1 N–H and O–H groups in total. The third-order valence-electron chi connectivity index (χ3n) is 3.02. The molecular weight excluding hydrogens is 256 g/mol. The molecule has 1 aliphatic rings. The van der Waals surface area contributed by atoms with Crippen LogP contribution in [0.5, 0.6) is 0 Å². The van der Waals surface area contributed by atoms with Crippen LogP contribution in [0.2, 0.25) is 0 Å². The van der Waals surface area contributed by atoms with Gasteiger partial charge in [0.2, 0.25) is 0 Å². The van der Waals surface area contributed by atoms with Gasteiger partial charge in [-0.05, 0) is 31.9 Å². The molecule has 0 bridgehead atoms. The highest BCUT2D eigenvalue weighted by Gasteiger charge is 2.36. The van der Waals surface area contributed by atoms with Gasteiger partial charge in [0.05, 0.1) is 17.2 Å². The fourth-order valence-corrected chi connectivity index (χ4v) is 2.03. The van der Waals surface area contributed by atoms with Crippen molar-refractivity contribution in [3.05, 3.63) is 34.9 Å². The molecule has 1 aliphatic heterocycles. The van der Waals surface area contributed by atoms with Gasteiger partial charge in [-0.25, -0.2) is 8.78 Å². The van der Waals surface area contributed by atoms with Crippen molar-refractivity contribution in [3.8, 4) is 0 Å². The van der Waals surface area contributed by atoms with Gasteiger partial charge in [0.15, 0.2) is 11.6 Å². The lowest BCUT2D eigenvalue weighted by Crippen LogP contribution is -2.31. The molecule has 1 unspecified atom stereocenters. The zero-order valence-electron chi connectivity index (χ0n) is 10.3. The Labute approximate surface area is 108 Å². The van der Waals surface area contributed by atoms with Crippen LogP contribution in [-0.2, 0) is 0 Å². The van der Waals surface area contributed by atoms with Crippen molar-refractivity contribution in [3.63, 3.8) is 0 Å². The van der Waals surface area contributed by atoms with E-state index < -0.39 is 29.6 Å². The Bertz CT molecular complexity index is 502. The summed E-state index contributed by atoms with van der Waals surface area (Å²) in [4.78, 5) is 24.8. The quantitative estimate of drug-likeness (QED) is 0.847. The van der Waals surface area contributed by atoms with Gasteiger partial charge in [-0.1, -0.05) is 0 Å².